The molecule has 0 saturated heterocycles. The van der Waals surface area contributed by atoms with E-state index in [1.54, 1.807) is 48.5 Å². The molecule has 32 heavy (non-hydrogen) atoms. The van der Waals surface area contributed by atoms with Gasteiger partial charge in [0.05, 0.1) is 0 Å². The smallest absolute Gasteiger partial charge is 0.285 e. The van der Waals surface area contributed by atoms with Crippen LogP contribution in [0.25, 0.3) is 0 Å². The first-order valence-corrected chi connectivity index (χ1v) is 12.0. The lowest BCUT2D eigenvalue weighted by Crippen LogP contribution is -2.37. The first-order chi connectivity index (χ1) is 15.4. The lowest BCUT2D eigenvalue weighted by Gasteiger charge is -2.29. The fourth-order valence-corrected chi connectivity index (χ4v) is 4.80. The number of fused-ring (bicyclic) bond motifs is 1. The van der Waals surface area contributed by atoms with Gasteiger partial charge in [0.25, 0.3) is 15.9 Å². The molecule has 4 rings (SSSR count). The number of benzene rings is 3. The van der Waals surface area contributed by atoms with E-state index in [4.69, 9.17) is 0 Å². The van der Waals surface area contributed by atoms with Crippen molar-refractivity contribution >= 4 is 27.5 Å². The molecule has 1 amide bonds. The summed E-state index contributed by atoms with van der Waals surface area (Å²) in [5, 5.41) is 3.07. The molecule has 1 heterocycles. The Bertz CT molecular complexity index is 1250. The van der Waals surface area contributed by atoms with Gasteiger partial charge in [-0.25, -0.2) is 0 Å². The van der Waals surface area contributed by atoms with Crippen molar-refractivity contribution in [2.24, 2.45) is 4.40 Å². The molecule has 1 aliphatic heterocycles. The monoisotopic (exact) mass is 447 g/mol. The minimum Gasteiger partial charge on any atom is -0.339 e. The molecule has 6 nitrogen and oxygen atoms in total. The molecule has 1 unspecified atom stereocenters. The standard InChI is InChI=1S/C25H25N3O3S/c1-3-18(2)28(17-19-9-5-4-6-10-19)25(29)20-13-15-21(16-14-20)26-24-22-11-7-8-12-23(22)32(30,31)27-24/h4-16,18H,3,17H2,1-2H3,(H,26,27). The maximum Gasteiger partial charge on any atom is 0.285 e. The molecule has 1 atom stereocenters. The van der Waals surface area contributed by atoms with Crippen molar-refractivity contribution in [2.75, 3.05) is 5.32 Å². The van der Waals surface area contributed by atoms with E-state index < -0.39 is 10.0 Å². The minimum absolute atomic E-state index is 0.0408. The molecule has 1 aliphatic rings. The number of rotatable bonds is 6. The van der Waals surface area contributed by atoms with Gasteiger partial charge in [0, 0.05) is 29.4 Å². The van der Waals surface area contributed by atoms with Crippen molar-refractivity contribution in [3.05, 3.63) is 95.6 Å². The summed E-state index contributed by atoms with van der Waals surface area (Å²) in [7, 11) is -3.69. The van der Waals surface area contributed by atoms with Gasteiger partial charge in [-0.1, -0.05) is 49.4 Å². The predicted octanol–water partition coefficient (Wildman–Crippen LogP) is 4.69. The molecule has 3 aromatic rings. The molecule has 0 radical (unpaired) electrons. The highest BCUT2D eigenvalue weighted by molar-refractivity contribution is 7.90. The largest absolute Gasteiger partial charge is 0.339 e. The summed E-state index contributed by atoms with van der Waals surface area (Å²) in [6.07, 6.45) is 0.853. The maximum absolute atomic E-state index is 13.3. The highest BCUT2D eigenvalue weighted by atomic mass is 32.2. The van der Waals surface area contributed by atoms with E-state index in [0.29, 0.717) is 23.4 Å². The third kappa shape index (κ3) is 4.43. The number of amidine groups is 1. The van der Waals surface area contributed by atoms with Crippen LogP contribution < -0.4 is 5.32 Å². The molecule has 0 aliphatic carbocycles. The molecule has 0 saturated carbocycles. The number of amides is 1. The third-order valence-corrected chi connectivity index (χ3v) is 6.94. The van der Waals surface area contributed by atoms with Gasteiger partial charge >= 0.3 is 0 Å². The van der Waals surface area contributed by atoms with Crippen LogP contribution in [0.4, 0.5) is 5.69 Å². The van der Waals surface area contributed by atoms with E-state index in [2.05, 4.69) is 16.6 Å². The topological polar surface area (TPSA) is 78.8 Å². The van der Waals surface area contributed by atoms with Crippen LogP contribution in [-0.2, 0) is 16.6 Å². The number of anilines is 1. The molecule has 1 N–H and O–H groups in total. The number of carbonyl (C=O) groups is 1. The van der Waals surface area contributed by atoms with Crippen LogP contribution in [0, 0.1) is 0 Å². The quantitative estimate of drug-likeness (QED) is 0.595. The van der Waals surface area contributed by atoms with Crippen molar-refractivity contribution in [3.8, 4) is 0 Å². The van der Waals surface area contributed by atoms with Crippen molar-refractivity contribution < 1.29 is 13.2 Å². The Morgan fingerprint density at radius 3 is 2.31 bits per heavy atom. The number of sulfonamides is 1. The molecule has 164 valence electrons. The van der Waals surface area contributed by atoms with Gasteiger partial charge in [-0.2, -0.15) is 8.42 Å². The highest BCUT2D eigenvalue weighted by Crippen LogP contribution is 2.27. The summed E-state index contributed by atoms with van der Waals surface area (Å²) in [5.74, 6) is 0.242. The number of hydrogen-bond acceptors (Lipinski definition) is 4. The van der Waals surface area contributed by atoms with Crippen LogP contribution in [0.1, 0.15) is 41.8 Å². The lowest BCUT2D eigenvalue weighted by molar-refractivity contribution is 0.0671. The normalized spacial score (nSPS) is 14.9. The van der Waals surface area contributed by atoms with E-state index in [1.165, 1.54) is 0 Å². The van der Waals surface area contributed by atoms with E-state index >= 15 is 0 Å². The van der Waals surface area contributed by atoms with Crippen molar-refractivity contribution in [3.63, 3.8) is 0 Å². The van der Waals surface area contributed by atoms with Crippen LogP contribution in [0.3, 0.4) is 0 Å². The van der Waals surface area contributed by atoms with Gasteiger partial charge in [-0.05, 0) is 55.3 Å². The van der Waals surface area contributed by atoms with E-state index in [0.717, 1.165) is 12.0 Å². The first-order valence-electron chi connectivity index (χ1n) is 10.6. The Morgan fingerprint density at radius 2 is 1.62 bits per heavy atom. The fourth-order valence-electron chi connectivity index (χ4n) is 3.62. The summed E-state index contributed by atoms with van der Waals surface area (Å²) in [4.78, 5) is 15.3. The number of nitrogens with one attached hydrogen (secondary N) is 1. The molecule has 0 fully saturated rings. The average Bonchev–Trinajstić information content (AvgIpc) is 3.07. The van der Waals surface area contributed by atoms with Crippen molar-refractivity contribution in [1.82, 2.24) is 4.90 Å². The Kier molecular flexibility index (Phi) is 6.10. The summed E-state index contributed by atoms with van der Waals surface area (Å²) < 4.78 is 28.3. The first kappa shape index (κ1) is 21.8. The van der Waals surface area contributed by atoms with Gasteiger partial charge in [-0.15, -0.1) is 4.40 Å². The van der Waals surface area contributed by atoms with Gasteiger partial charge in [0.15, 0.2) is 5.84 Å². The van der Waals surface area contributed by atoms with E-state index in [9.17, 15) is 13.2 Å². The van der Waals surface area contributed by atoms with E-state index in [-0.39, 0.29) is 22.7 Å². The van der Waals surface area contributed by atoms with Crippen molar-refractivity contribution in [2.45, 2.75) is 37.8 Å². The number of hydrogen-bond donors (Lipinski definition) is 1. The Labute approximate surface area is 188 Å². The number of carbonyl (C=O) groups excluding carboxylic acids is 1. The van der Waals surface area contributed by atoms with Gasteiger partial charge in [0.2, 0.25) is 0 Å². The van der Waals surface area contributed by atoms with Gasteiger partial charge < -0.3 is 10.2 Å². The van der Waals surface area contributed by atoms with E-state index in [1.807, 2.05) is 42.2 Å². The fraction of sp³-hybridized carbons (Fsp3) is 0.200. The molecule has 0 aromatic heterocycles. The summed E-state index contributed by atoms with van der Waals surface area (Å²) in [6.45, 7) is 4.66. The van der Waals surface area contributed by atoms with Gasteiger partial charge in [-0.3, -0.25) is 4.79 Å². The van der Waals surface area contributed by atoms with Crippen LogP contribution in [0.5, 0.6) is 0 Å². The second-order valence-corrected chi connectivity index (χ2v) is 9.36. The number of nitrogens with zero attached hydrogens (tertiary/aromatic N) is 2. The zero-order valence-corrected chi connectivity index (χ0v) is 18.8. The van der Waals surface area contributed by atoms with Crippen LogP contribution >= 0.6 is 0 Å². The van der Waals surface area contributed by atoms with Crippen molar-refractivity contribution in [1.29, 1.82) is 0 Å². The highest BCUT2D eigenvalue weighted by Gasteiger charge is 2.28. The Balaban J connectivity index is 1.53. The van der Waals surface area contributed by atoms with Crippen LogP contribution in [0.2, 0.25) is 0 Å². The molecular weight excluding hydrogens is 422 g/mol. The molecular formula is C25H25N3O3S. The maximum atomic E-state index is 13.3. The minimum atomic E-state index is -3.69. The molecule has 3 aromatic carbocycles. The third-order valence-electron chi connectivity index (χ3n) is 5.61. The molecule has 0 spiro atoms. The Morgan fingerprint density at radius 1 is 0.969 bits per heavy atom. The summed E-state index contributed by atoms with van der Waals surface area (Å²) in [6, 6.07) is 23.8. The van der Waals surface area contributed by atoms with Gasteiger partial charge in [0.1, 0.15) is 4.90 Å². The molecule has 7 heteroatoms. The predicted molar refractivity (Wildman–Crippen MR) is 126 cm³/mol. The van der Waals surface area contributed by atoms with Crippen LogP contribution in [-0.4, -0.2) is 31.1 Å². The second-order valence-electron chi connectivity index (χ2n) is 7.79. The Hall–Kier alpha value is -3.45. The summed E-state index contributed by atoms with van der Waals surface area (Å²) in [5.41, 5.74) is 2.86. The van der Waals surface area contributed by atoms with Crippen LogP contribution in [0.15, 0.2) is 88.2 Å². The zero-order valence-electron chi connectivity index (χ0n) is 18.0. The SMILES string of the molecule is CCC(C)N(Cc1ccccc1)C(=O)c1ccc(NC2=NS(=O)(=O)c3ccccc32)cc1. The zero-order chi connectivity index (χ0) is 22.7. The summed E-state index contributed by atoms with van der Waals surface area (Å²) >= 11 is 0. The lowest BCUT2D eigenvalue weighted by atomic mass is 10.1. The average molecular weight is 448 g/mol. The molecule has 0 bridgehead atoms. The second kappa shape index (κ2) is 8.96.